The number of esters is 1. The van der Waals surface area contributed by atoms with Crippen LogP contribution in [-0.4, -0.2) is 86.7 Å². The number of aromatic nitrogens is 1. The van der Waals surface area contributed by atoms with Gasteiger partial charge in [-0.25, -0.2) is 12.8 Å². The Labute approximate surface area is 285 Å². The number of sulfonamides is 1. The molecule has 0 spiro atoms. The lowest BCUT2D eigenvalue weighted by molar-refractivity contribution is -0.178. The summed E-state index contributed by atoms with van der Waals surface area (Å²) in [7, 11) is -2.76. The maximum atomic E-state index is 14.3. The lowest BCUT2D eigenvalue weighted by Gasteiger charge is -2.31. The van der Waals surface area contributed by atoms with Crippen molar-refractivity contribution < 1.29 is 46.1 Å². The molecule has 2 aliphatic heterocycles. The fourth-order valence-corrected chi connectivity index (χ4v) is 9.09. The van der Waals surface area contributed by atoms with Gasteiger partial charge in [-0.05, 0) is 61.4 Å². The first-order valence-corrected chi connectivity index (χ1v) is 18.5. The molecule has 14 heteroatoms. The van der Waals surface area contributed by atoms with Gasteiger partial charge in [-0.2, -0.15) is 9.29 Å². The summed E-state index contributed by atoms with van der Waals surface area (Å²) in [6.07, 6.45) is 1.03. The van der Waals surface area contributed by atoms with E-state index in [1.54, 1.807) is 12.1 Å². The summed E-state index contributed by atoms with van der Waals surface area (Å²) in [5.74, 6) is -1.51. The molecule has 2 N–H and O–H groups in total. The molecule has 2 saturated carbocycles. The number of hydrogen-bond donors (Lipinski definition) is 2. The average Bonchev–Trinajstić information content (AvgIpc) is 3.52. The highest BCUT2D eigenvalue weighted by molar-refractivity contribution is 7.89. The number of hydrogen-bond acceptors (Lipinski definition) is 11. The number of ether oxygens (including phenoxy) is 4. The molecule has 49 heavy (non-hydrogen) atoms. The van der Waals surface area contributed by atoms with Crippen molar-refractivity contribution in [3.63, 3.8) is 0 Å². The number of halogens is 1. The monoisotopic (exact) mass is 701 g/mol. The van der Waals surface area contributed by atoms with E-state index in [-0.39, 0.29) is 72.6 Å². The van der Waals surface area contributed by atoms with E-state index < -0.39 is 33.8 Å². The molecule has 1 aromatic heterocycles. The van der Waals surface area contributed by atoms with Crippen molar-refractivity contribution in [3.05, 3.63) is 47.8 Å². The summed E-state index contributed by atoms with van der Waals surface area (Å²) < 4.78 is 72.4. The molecular weight excluding hydrogens is 657 g/mol. The molecule has 7 atom stereocenters. The molecule has 4 fully saturated rings. The van der Waals surface area contributed by atoms with Crippen molar-refractivity contribution in [1.29, 1.82) is 0 Å². The Morgan fingerprint density at radius 3 is 2.67 bits per heavy atom. The molecule has 0 amide bonds. The Morgan fingerprint density at radius 1 is 1.12 bits per heavy atom. The van der Waals surface area contributed by atoms with Gasteiger partial charge in [0.15, 0.2) is 23.4 Å². The normalized spacial score (nSPS) is 26.0. The number of methoxy groups -OCH3 is 1. The topological polar surface area (TPSA) is 150 Å². The second-order valence-electron chi connectivity index (χ2n) is 14.3. The van der Waals surface area contributed by atoms with E-state index in [4.69, 9.17) is 23.4 Å². The number of aliphatic hydroxyl groups excluding tert-OH is 1. The minimum absolute atomic E-state index is 0.00728. The molecule has 266 valence electrons. The van der Waals surface area contributed by atoms with E-state index in [1.807, 2.05) is 13.8 Å². The van der Waals surface area contributed by atoms with Gasteiger partial charge in [0.05, 0.1) is 37.7 Å². The maximum Gasteiger partial charge on any atom is 0.306 e. The van der Waals surface area contributed by atoms with E-state index in [0.29, 0.717) is 41.9 Å². The van der Waals surface area contributed by atoms with Crippen LogP contribution in [-0.2, 0) is 35.4 Å². The number of nitrogens with zero attached hydrogens (tertiary/aromatic N) is 2. The van der Waals surface area contributed by atoms with Crippen LogP contribution in [0.5, 0.6) is 5.75 Å². The third-order valence-electron chi connectivity index (χ3n) is 10.1. The Balaban J connectivity index is 1.12. The summed E-state index contributed by atoms with van der Waals surface area (Å²) in [4.78, 5) is 18.0. The minimum Gasteiger partial charge on any atom is -0.494 e. The zero-order valence-electron chi connectivity index (χ0n) is 27.9. The highest BCUT2D eigenvalue weighted by Crippen LogP contribution is 2.49. The van der Waals surface area contributed by atoms with Crippen LogP contribution in [0.3, 0.4) is 0 Å². The minimum atomic E-state index is -4.12. The summed E-state index contributed by atoms with van der Waals surface area (Å²) in [5.41, 5.74) is 1.49. The smallest absolute Gasteiger partial charge is 0.306 e. The predicted octanol–water partition coefficient (Wildman–Crippen LogP) is 4.36. The van der Waals surface area contributed by atoms with Crippen LogP contribution in [0.1, 0.15) is 45.1 Å². The van der Waals surface area contributed by atoms with Gasteiger partial charge < -0.3 is 33.8 Å². The highest BCUT2D eigenvalue weighted by Gasteiger charge is 2.56. The van der Waals surface area contributed by atoms with Crippen LogP contribution in [0.25, 0.3) is 11.1 Å². The SMILES string of the molecule is COc1cc(C[C@H](CC(=O)OC2C3COC4OCC2C4C3)[C@H](O)CN(CC(C)C)S(=O)(=O)c2ccc3nc(NC4CC4)oc3c2)ccc1F. The lowest BCUT2D eigenvalue weighted by Crippen LogP contribution is -2.43. The first-order valence-electron chi connectivity index (χ1n) is 17.1. The van der Waals surface area contributed by atoms with Crippen molar-refractivity contribution in [1.82, 2.24) is 9.29 Å². The Bertz CT molecular complexity index is 1780. The van der Waals surface area contributed by atoms with Gasteiger partial charge in [-0.3, -0.25) is 4.79 Å². The molecule has 2 bridgehead atoms. The van der Waals surface area contributed by atoms with Crippen LogP contribution in [0.2, 0.25) is 0 Å². The zero-order valence-corrected chi connectivity index (χ0v) is 28.7. The van der Waals surface area contributed by atoms with E-state index in [2.05, 4.69) is 10.3 Å². The van der Waals surface area contributed by atoms with Gasteiger partial charge in [-0.15, -0.1) is 0 Å². The van der Waals surface area contributed by atoms with Crippen LogP contribution >= 0.6 is 0 Å². The van der Waals surface area contributed by atoms with Gasteiger partial charge in [0.1, 0.15) is 11.6 Å². The van der Waals surface area contributed by atoms with Gasteiger partial charge in [0.25, 0.3) is 6.01 Å². The van der Waals surface area contributed by atoms with Crippen LogP contribution in [0.15, 0.2) is 45.7 Å². The average molecular weight is 702 g/mol. The maximum absolute atomic E-state index is 14.3. The highest BCUT2D eigenvalue weighted by atomic mass is 32.2. The van der Waals surface area contributed by atoms with E-state index in [1.165, 1.54) is 35.7 Å². The Morgan fingerprint density at radius 2 is 1.92 bits per heavy atom. The fourth-order valence-electron chi connectivity index (χ4n) is 7.46. The molecule has 3 aromatic rings. The van der Waals surface area contributed by atoms with Crippen molar-refractivity contribution in [3.8, 4) is 5.75 Å². The first kappa shape index (κ1) is 34.2. The number of aliphatic hydroxyl groups is 1. The van der Waals surface area contributed by atoms with Crippen molar-refractivity contribution in [2.75, 3.05) is 38.7 Å². The Kier molecular flexibility index (Phi) is 9.61. The third kappa shape index (κ3) is 7.29. The van der Waals surface area contributed by atoms with E-state index >= 15 is 0 Å². The van der Waals surface area contributed by atoms with Gasteiger partial charge >= 0.3 is 5.97 Å². The molecule has 5 unspecified atom stereocenters. The van der Waals surface area contributed by atoms with Crippen LogP contribution in [0, 0.1) is 35.4 Å². The van der Waals surface area contributed by atoms with Crippen molar-refractivity contribution >= 4 is 33.1 Å². The number of fused-ring (bicyclic) bond motifs is 2. The quantitative estimate of drug-likeness (QED) is 0.218. The molecule has 4 aliphatic rings. The molecule has 3 heterocycles. The molecule has 2 saturated heterocycles. The third-order valence-corrected chi connectivity index (χ3v) is 11.9. The molecule has 0 radical (unpaired) electrons. The van der Waals surface area contributed by atoms with Crippen molar-refractivity contribution in [2.45, 2.75) is 75.4 Å². The van der Waals surface area contributed by atoms with E-state index in [0.717, 1.165) is 19.3 Å². The summed E-state index contributed by atoms with van der Waals surface area (Å²) >= 11 is 0. The summed E-state index contributed by atoms with van der Waals surface area (Å²) in [5, 5.41) is 15.0. The zero-order chi connectivity index (χ0) is 34.4. The predicted molar refractivity (Wildman–Crippen MR) is 176 cm³/mol. The lowest BCUT2D eigenvalue weighted by atomic mass is 9.90. The van der Waals surface area contributed by atoms with Gasteiger partial charge in [-0.1, -0.05) is 19.9 Å². The number of rotatable bonds is 15. The first-order chi connectivity index (χ1) is 23.5. The molecule has 12 nitrogen and oxygen atoms in total. The van der Waals surface area contributed by atoms with E-state index in [9.17, 15) is 22.7 Å². The second kappa shape index (κ2) is 13.8. The number of oxazole rings is 1. The Hall–Kier alpha value is -3.30. The summed E-state index contributed by atoms with van der Waals surface area (Å²) in [6, 6.07) is 9.57. The molecule has 2 aromatic carbocycles. The van der Waals surface area contributed by atoms with Gasteiger partial charge in [0, 0.05) is 48.9 Å². The van der Waals surface area contributed by atoms with Crippen molar-refractivity contribution in [2.24, 2.45) is 29.6 Å². The van der Waals surface area contributed by atoms with Gasteiger partial charge in [0.2, 0.25) is 10.0 Å². The molecule has 2 aliphatic carbocycles. The number of carbonyl (C=O) groups excluding carboxylic acids is 1. The molecular formula is C35H44FN3O9S. The van der Waals surface area contributed by atoms with Crippen LogP contribution < -0.4 is 10.1 Å². The number of carbonyl (C=O) groups is 1. The standard InChI is InChI=1S/C35H44FN3O9S/c1-19(2)15-39(49(42,43)24-7-9-28-31(14-24)47-35(38-28)37-23-5-6-23)16-29(40)21(10-20-4-8-27(36)30(11-20)44-3)13-32(41)48-33-22-12-25-26(33)18-46-34(25)45-17-22/h4,7-9,11,14,19,21-23,25-26,29,33-34,40H,5-6,10,12-13,15-18H2,1-3H3,(H,37,38)/t21-,22?,25?,26?,29-,33?,34?/m1/s1. The number of benzene rings is 2. The number of nitrogens with one attached hydrogen (secondary N) is 1. The molecule has 7 rings (SSSR count). The second-order valence-corrected chi connectivity index (χ2v) is 16.2. The summed E-state index contributed by atoms with van der Waals surface area (Å²) in [6.45, 7) is 4.55. The van der Waals surface area contributed by atoms with Crippen LogP contribution in [0.4, 0.5) is 10.4 Å². The largest absolute Gasteiger partial charge is 0.494 e. The number of anilines is 1. The fraction of sp³-hybridized carbons (Fsp3) is 0.600.